The molecule has 2 unspecified atom stereocenters. The van der Waals surface area contributed by atoms with Crippen LogP contribution >= 0.6 is 0 Å². The highest BCUT2D eigenvalue weighted by molar-refractivity contribution is 5.27. The van der Waals surface area contributed by atoms with E-state index in [2.05, 4.69) is 0 Å². The predicted octanol–water partition coefficient (Wildman–Crippen LogP) is 4.00. The largest absolute Gasteiger partial charge is 0.385 e. The van der Waals surface area contributed by atoms with Crippen molar-refractivity contribution in [1.29, 1.82) is 0 Å². The molecule has 1 fully saturated rings. The van der Waals surface area contributed by atoms with Gasteiger partial charge in [0, 0.05) is 5.56 Å². The Hall–Kier alpha value is -0.960. The van der Waals surface area contributed by atoms with Gasteiger partial charge in [-0.15, -0.1) is 0 Å². The van der Waals surface area contributed by atoms with Crippen LogP contribution in [-0.4, -0.2) is 5.11 Å². The molecule has 18 heavy (non-hydrogen) atoms. The molecule has 1 nitrogen and oxygen atoms in total. The molecule has 0 bridgehead atoms. The number of benzene rings is 1. The summed E-state index contributed by atoms with van der Waals surface area (Å²) in [7, 11) is 0. The SMILES string of the molecule is CC(C)C1CCCCC1(O)c1cccc(F)c1F. The molecule has 0 aliphatic heterocycles. The van der Waals surface area contributed by atoms with Gasteiger partial charge in [0.25, 0.3) is 0 Å². The van der Waals surface area contributed by atoms with Gasteiger partial charge in [0.15, 0.2) is 11.6 Å². The van der Waals surface area contributed by atoms with E-state index >= 15 is 0 Å². The Morgan fingerprint density at radius 1 is 1.28 bits per heavy atom. The molecule has 0 heterocycles. The standard InChI is InChI=1S/C15H20F2O/c1-10(2)11-6-3-4-9-15(11,18)12-7-5-8-13(16)14(12)17/h5,7-8,10-11,18H,3-4,6,9H2,1-2H3. The van der Waals surface area contributed by atoms with Crippen LogP contribution in [0, 0.1) is 23.5 Å². The van der Waals surface area contributed by atoms with E-state index in [9.17, 15) is 13.9 Å². The van der Waals surface area contributed by atoms with Crippen molar-refractivity contribution in [3.8, 4) is 0 Å². The van der Waals surface area contributed by atoms with Gasteiger partial charge < -0.3 is 5.11 Å². The molecule has 0 aromatic heterocycles. The maximum Gasteiger partial charge on any atom is 0.164 e. The molecule has 0 amide bonds. The van der Waals surface area contributed by atoms with E-state index in [1.807, 2.05) is 13.8 Å². The Morgan fingerprint density at radius 2 is 2.00 bits per heavy atom. The minimum absolute atomic E-state index is 0.0115. The normalized spacial score (nSPS) is 28.7. The summed E-state index contributed by atoms with van der Waals surface area (Å²) in [6.45, 7) is 4.05. The first-order valence-electron chi connectivity index (χ1n) is 6.63. The minimum Gasteiger partial charge on any atom is -0.385 e. The van der Waals surface area contributed by atoms with E-state index in [-0.39, 0.29) is 17.4 Å². The van der Waals surface area contributed by atoms with Crippen molar-refractivity contribution in [2.45, 2.75) is 45.1 Å². The average molecular weight is 254 g/mol. The lowest BCUT2D eigenvalue weighted by atomic mass is 9.67. The van der Waals surface area contributed by atoms with Gasteiger partial charge in [-0.2, -0.15) is 0 Å². The van der Waals surface area contributed by atoms with Crippen LogP contribution in [0.15, 0.2) is 18.2 Å². The number of hydrogen-bond donors (Lipinski definition) is 1. The van der Waals surface area contributed by atoms with Gasteiger partial charge >= 0.3 is 0 Å². The van der Waals surface area contributed by atoms with Crippen molar-refractivity contribution in [3.05, 3.63) is 35.4 Å². The summed E-state index contributed by atoms with van der Waals surface area (Å²) in [5.41, 5.74) is -1.10. The summed E-state index contributed by atoms with van der Waals surface area (Å²) in [6, 6.07) is 4.08. The topological polar surface area (TPSA) is 20.2 Å². The van der Waals surface area contributed by atoms with Gasteiger partial charge in [-0.3, -0.25) is 0 Å². The molecule has 2 rings (SSSR count). The highest BCUT2D eigenvalue weighted by Crippen LogP contribution is 2.46. The zero-order valence-electron chi connectivity index (χ0n) is 10.9. The Balaban J connectivity index is 2.47. The summed E-state index contributed by atoms with van der Waals surface area (Å²) in [5, 5.41) is 10.9. The van der Waals surface area contributed by atoms with Crippen molar-refractivity contribution in [2.24, 2.45) is 11.8 Å². The fourth-order valence-corrected chi connectivity index (χ4v) is 3.24. The van der Waals surface area contributed by atoms with Crippen molar-refractivity contribution in [3.63, 3.8) is 0 Å². The monoisotopic (exact) mass is 254 g/mol. The predicted molar refractivity (Wildman–Crippen MR) is 67.1 cm³/mol. The molecular formula is C15H20F2O. The molecule has 1 saturated carbocycles. The second kappa shape index (κ2) is 4.96. The summed E-state index contributed by atoms with van der Waals surface area (Å²) < 4.78 is 27.3. The van der Waals surface area contributed by atoms with Crippen molar-refractivity contribution in [2.75, 3.05) is 0 Å². The number of hydrogen-bond acceptors (Lipinski definition) is 1. The molecule has 1 aliphatic carbocycles. The smallest absolute Gasteiger partial charge is 0.164 e. The summed E-state index contributed by atoms with van der Waals surface area (Å²) in [5.74, 6) is -1.54. The lowest BCUT2D eigenvalue weighted by Gasteiger charge is -2.42. The van der Waals surface area contributed by atoms with Crippen molar-refractivity contribution >= 4 is 0 Å². The molecule has 1 N–H and O–H groups in total. The lowest BCUT2D eigenvalue weighted by molar-refractivity contribution is -0.0748. The van der Waals surface area contributed by atoms with Gasteiger partial charge in [-0.05, 0) is 30.7 Å². The second-order valence-corrected chi connectivity index (χ2v) is 5.62. The van der Waals surface area contributed by atoms with Crippen LogP contribution in [0.1, 0.15) is 45.1 Å². The third-order valence-electron chi connectivity index (χ3n) is 4.16. The van der Waals surface area contributed by atoms with Crippen LogP contribution < -0.4 is 0 Å². The summed E-state index contributed by atoms with van der Waals surface area (Å²) >= 11 is 0. The Bertz CT molecular complexity index is 431. The van der Waals surface area contributed by atoms with E-state index in [4.69, 9.17) is 0 Å². The third-order valence-corrected chi connectivity index (χ3v) is 4.16. The molecule has 1 aliphatic rings. The van der Waals surface area contributed by atoms with Gasteiger partial charge in [0.1, 0.15) is 0 Å². The van der Waals surface area contributed by atoms with Crippen LogP contribution in [0.3, 0.4) is 0 Å². The quantitative estimate of drug-likeness (QED) is 0.845. The minimum atomic E-state index is -1.22. The van der Waals surface area contributed by atoms with Crippen molar-refractivity contribution in [1.82, 2.24) is 0 Å². The first-order chi connectivity index (χ1) is 8.47. The van der Waals surface area contributed by atoms with Gasteiger partial charge in [-0.1, -0.05) is 38.8 Å². The third kappa shape index (κ3) is 2.16. The van der Waals surface area contributed by atoms with E-state index in [1.165, 1.54) is 12.1 Å². The molecule has 0 saturated heterocycles. The maximum absolute atomic E-state index is 13.9. The number of halogens is 2. The van der Waals surface area contributed by atoms with Gasteiger partial charge in [0.05, 0.1) is 5.60 Å². The van der Waals surface area contributed by atoms with E-state index in [1.54, 1.807) is 0 Å². The Labute approximate surface area is 107 Å². The van der Waals surface area contributed by atoms with E-state index < -0.39 is 17.2 Å². The molecule has 1 aromatic rings. The van der Waals surface area contributed by atoms with Gasteiger partial charge in [0.2, 0.25) is 0 Å². The first-order valence-corrected chi connectivity index (χ1v) is 6.63. The van der Waals surface area contributed by atoms with Crippen LogP contribution in [0.2, 0.25) is 0 Å². The summed E-state index contributed by atoms with van der Waals surface area (Å²) in [6.07, 6.45) is 3.28. The zero-order chi connectivity index (χ0) is 13.3. The zero-order valence-corrected chi connectivity index (χ0v) is 10.9. The molecule has 0 radical (unpaired) electrons. The van der Waals surface area contributed by atoms with Gasteiger partial charge in [-0.25, -0.2) is 8.78 Å². The van der Waals surface area contributed by atoms with Crippen LogP contribution in [0.5, 0.6) is 0 Å². The first kappa shape index (κ1) is 13.5. The molecule has 3 heteroatoms. The highest BCUT2D eigenvalue weighted by atomic mass is 19.2. The second-order valence-electron chi connectivity index (χ2n) is 5.62. The molecule has 2 atom stereocenters. The molecular weight excluding hydrogens is 234 g/mol. The summed E-state index contributed by atoms with van der Waals surface area (Å²) in [4.78, 5) is 0. The Morgan fingerprint density at radius 3 is 2.67 bits per heavy atom. The highest BCUT2D eigenvalue weighted by Gasteiger charge is 2.43. The van der Waals surface area contributed by atoms with Crippen molar-refractivity contribution < 1.29 is 13.9 Å². The average Bonchev–Trinajstić information content (AvgIpc) is 2.32. The number of aliphatic hydroxyl groups is 1. The molecule has 100 valence electrons. The van der Waals surface area contributed by atoms with Crippen LogP contribution in [0.25, 0.3) is 0 Å². The van der Waals surface area contributed by atoms with E-state index in [0.29, 0.717) is 6.42 Å². The van der Waals surface area contributed by atoms with Crippen LogP contribution in [0.4, 0.5) is 8.78 Å². The fourth-order valence-electron chi connectivity index (χ4n) is 3.24. The maximum atomic E-state index is 13.9. The Kier molecular flexibility index (Phi) is 3.71. The molecule has 1 aromatic carbocycles. The number of rotatable bonds is 2. The fraction of sp³-hybridized carbons (Fsp3) is 0.600. The van der Waals surface area contributed by atoms with E-state index in [0.717, 1.165) is 25.3 Å². The lowest BCUT2D eigenvalue weighted by Crippen LogP contribution is -2.41. The van der Waals surface area contributed by atoms with Crippen LogP contribution in [-0.2, 0) is 5.60 Å². The molecule has 0 spiro atoms.